The van der Waals surface area contributed by atoms with Crippen molar-refractivity contribution < 1.29 is 22.8 Å². The lowest BCUT2D eigenvalue weighted by atomic mass is 9.95. The Labute approximate surface area is 181 Å². The molecule has 1 fully saturated rings. The third kappa shape index (κ3) is 4.20. The number of alkyl halides is 2. The second-order valence-corrected chi connectivity index (χ2v) is 7.80. The summed E-state index contributed by atoms with van der Waals surface area (Å²) in [7, 11) is 0. The van der Waals surface area contributed by atoms with Crippen LogP contribution in [0.5, 0.6) is 0 Å². The van der Waals surface area contributed by atoms with Crippen LogP contribution in [0.25, 0.3) is 10.9 Å². The van der Waals surface area contributed by atoms with Crippen molar-refractivity contribution in [2.45, 2.75) is 19.3 Å². The predicted molar refractivity (Wildman–Crippen MR) is 113 cm³/mol. The molecule has 3 N–H and O–H groups in total. The van der Waals surface area contributed by atoms with Gasteiger partial charge in [0.2, 0.25) is 0 Å². The minimum absolute atomic E-state index is 0.00742. The summed E-state index contributed by atoms with van der Waals surface area (Å²) in [6, 6.07) is 8.31. The maximum absolute atomic E-state index is 14.0. The highest BCUT2D eigenvalue weighted by molar-refractivity contribution is 6.10. The Balaban J connectivity index is 1.74. The van der Waals surface area contributed by atoms with Crippen molar-refractivity contribution in [2.24, 2.45) is 11.7 Å². The fourth-order valence-corrected chi connectivity index (χ4v) is 3.66. The van der Waals surface area contributed by atoms with Crippen LogP contribution in [0.3, 0.4) is 0 Å². The van der Waals surface area contributed by atoms with Crippen LogP contribution in [0.15, 0.2) is 42.6 Å². The molecule has 3 aromatic rings. The number of nitrogens with one attached hydrogen (secondary N) is 1. The van der Waals surface area contributed by atoms with E-state index in [1.165, 1.54) is 43.5 Å². The van der Waals surface area contributed by atoms with Gasteiger partial charge < -0.3 is 16.0 Å². The molecule has 0 radical (unpaired) electrons. The van der Waals surface area contributed by atoms with E-state index in [-0.39, 0.29) is 42.3 Å². The maximum Gasteiger partial charge on any atom is 0.267 e. The first-order valence-electron chi connectivity index (χ1n) is 9.94. The van der Waals surface area contributed by atoms with Gasteiger partial charge in [-0.25, -0.2) is 18.2 Å². The van der Waals surface area contributed by atoms with E-state index in [4.69, 9.17) is 5.73 Å². The number of anilines is 2. The molecule has 2 amide bonds. The average Bonchev–Trinajstić information content (AvgIpc) is 2.75. The number of benzene rings is 1. The normalized spacial score (nSPS) is 17.9. The van der Waals surface area contributed by atoms with Gasteiger partial charge in [-0.05, 0) is 30.3 Å². The fourth-order valence-electron chi connectivity index (χ4n) is 3.66. The monoisotopic (exact) mass is 443 g/mol. The molecule has 1 aliphatic heterocycles. The summed E-state index contributed by atoms with van der Waals surface area (Å²) in [4.78, 5) is 34.4. The Hall–Kier alpha value is -3.69. The zero-order chi connectivity index (χ0) is 23.0. The van der Waals surface area contributed by atoms with Crippen molar-refractivity contribution >= 4 is 34.2 Å². The third-order valence-electron chi connectivity index (χ3n) is 5.50. The molecule has 4 rings (SSSR count). The number of fused-ring (bicyclic) bond motifs is 1. The first-order chi connectivity index (χ1) is 15.1. The van der Waals surface area contributed by atoms with Gasteiger partial charge in [-0.2, -0.15) is 0 Å². The quantitative estimate of drug-likeness (QED) is 0.642. The minimum Gasteiger partial charge on any atom is -0.364 e. The lowest BCUT2D eigenvalue weighted by Crippen LogP contribution is -2.46. The number of amides is 2. The summed E-state index contributed by atoms with van der Waals surface area (Å²) in [5, 5.41) is 3.18. The zero-order valence-electron chi connectivity index (χ0n) is 17.1. The Morgan fingerprint density at radius 2 is 2.00 bits per heavy atom. The van der Waals surface area contributed by atoms with Crippen LogP contribution in [0.2, 0.25) is 0 Å². The average molecular weight is 443 g/mol. The summed E-state index contributed by atoms with van der Waals surface area (Å²) in [5.74, 6) is -5.39. The highest BCUT2D eigenvalue weighted by atomic mass is 19.3. The fraction of sp³-hybridized carbons (Fsp3) is 0.273. The Kier molecular flexibility index (Phi) is 5.45. The molecule has 1 aromatic carbocycles. The number of hydrogen-bond donors (Lipinski definition) is 2. The van der Waals surface area contributed by atoms with Crippen LogP contribution in [-0.2, 0) is 0 Å². The lowest BCUT2D eigenvalue weighted by Gasteiger charge is -2.38. The van der Waals surface area contributed by atoms with Crippen molar-refractivity contribution in [2.75, 3.05) is 23.3 Å². The van der Waals surface area contributed by atoms with Gasteiger partial charge in [0.15, 0.2) is 0 Å². The molecule has 1 atom stereocenters. The van der Waals surface area contributed by atoms with E-state index < -0.39 is 29.5 Å². The molecule has 0 bridgehead atoms. The van der Waals surface area contributed by atoms with Crippen LogP contribution >= 0.6 is 0 Å². The van der Waals surface area contributed by atoms with E-state index >= 15 is 0 Å². The van der Waals surface area contributed by atoms with Gasteiger partial charge in [0, 0.05) is 48.8 Å². The molecular weight excluding hydrogens is 423 g/mol. The Morgan fingerprint density at radius 3 is 2.72 bits per heavy atom. The summed E-state index contributed by atoms with van der Waals surface area (Å²) in [6.45, 7) is 1.42. The number of aromatic nitrogens is 2. The Bertz CT molecular complexity index is 1220. The van der Waals surface area contributed by atoms with Crippen molar-refractivity contribution in [3.8, 4) is 0 Å². The van der Waals surface area contributed by atoms with Gasteiger partial charge in [0.1, 0.15) is 17.3 Å². The van der Waals surface area contributed by atoms with E-state index in [9.17, 15) is 22.8 Å². The SMILES string of the molecule is CC1CN(c2nc3cc(F)ccc3cc2C(=O)Nc2ccnc(C(N)=O)c2)CCC1(F)F. The predicted octanol–water partition coefficient (Wildman–Crippen LogP) is 3.60. The van der Waals surface area contributed by atoms with Gasteiger partial charge >= 0.3 is 0 Å². The number of nitrogens with zero attached hydrogens (tertiary/aromatic N) is 3. The molecule has 1 saturated heterocycles. The van der Waals surface area contributed by atoms with E-state index in [2.05, 4.69) is 15.3 Å². The molecule has 166 valence electrons. The van der Waals surface area contributed by atoms with Gasteiger partial charge in [-0.1, -0.05) is 6.92 Å². The first kappa shape index (κ1) is 21.5. The van der Waals surface area contributed by atoms with Crippen LogP contribution in [0.1, 0.15) is 34.2 Å². The molecule has 10 heteroatoms. The summed E-state index contributed by atoms with van der Waals surface area (Å²) in [6.07, 6.45) is 0.941. The smallest absolute Gasteiger partial charge is 0.267 e. The molecule has 32 heavy (non-hydrogen) atoms. The third-order valence-corrected chi connectivity index (χ3v) is 5.50. The zero-order valence-corrected chi connectivity index (χ0v) is 17.1. The minimum atomic E-state index is -2.82. The van der Waals surface area contributed by atoms with Gasteiger partial charge in [0.05, 0.1) is 11.1 Å². The van der Waals surface area contributed by atoms with Crippen molar-refractivity contribution in [1.29, 1.82) is 0 Å². The summed E-state index contributed by atoms with van der Waals surface area (Å²) in [5.41, 5.74) is 5.93. The molecular formula is C22H20F3N5O2. The second kappa shape index (κ2) is 8.10. The largest absolute Gasteiger partial charge is 0.364 e. The molecule has 1 unspecified atom stereocenters. The molecule has 0 saturated carbocycles. The van der Waals surface area contributed by atoms with E-state index in [1.54, 1.807) is 11.0 Å². The second-order valence-electron chi connectivity index (χ2n) is 7.80. The number of piperidine rings is 1. The number of halogens is 3. The van der Waals surface area contributed by atoms with Crippen molar-refractivity contribution in [3.05, 3.63) is 59.7 Å². The molecule has 1 aliphatic rings. The van der Waals surface area contributed by atoms with Crippen LogP contribution in [0.4, 0.5) is 24.7 Å². The van der Waals surface area contributed by atoms with Crippen molar-refractivity contribution in [3.63, 3.8) is 0 Å². The van der Waals surface area contributed by atoms with Gasteiger partial charge in [-0.15, -0.1) is 0 Å². The van der Waals surface area contributed by atoms with Crippen LogP contribution in [-0.4, -0.2) is 40.8 Å². The van der Waals surface area contributed by atoms with E-state index in [0.29, 0.717) is 10.9 Å². The van der Waals surface area contributed by atoms with Gasteiger partial charge in [0.25, 0.3) is 17.7 Å². The molecule has 0 aliphatic carbocycles. The molecule has 7 nitrogen and oxygen atoms in total. The highest BCUT2D eigenvalue weighted by Gasteiger charge is 2.42. The van der Waals surface area contributed by atoms with Crippen molar-refractivity contribution in [1.82, 2.24) is 9.97 Å². The number of carbonyl (C=O) groups is 2. The highest BCUT2D eigenvalue weighted by Crippen LogP contribution is 2.36. The summed E-state index contributed by atoms with van der Waals surface area (Å²) >= 11 is 0. The standard InChI is InChI=1S/C22H20F3N5O2/c1-12-11-30(7-5-22(12,24)25)20-16(8-13-2-3-14(23)9-17(13)29-20)21(32)28-15-4-6-27-18(10-15)19(26)31/h2-4,6,8-10,12H,5,7,11H2,1H3,(H2,26,31)(H,27,28,32). The number of primary amides is 1. The van der Waals surface area contributed by atoms with Crippen LogP contribution in [0, 0.1) is 11.7 Å². The molecule has 0 spiro atoms. The summed E-state index contributed by atoms with van der Waals surface area (Å²) < 4.78 is 41.8. The first-order valence-corrected chi connectivity index (χ1v) is 9.94. The topological polar surface area (TPSA) is 101 Å². The number of nitrogens with two attached hydrogens (primary N) is 1. The number of hydrogen-bond acceptors (Lipinski definition) is 5. The van der Waals surface area contributed by atoms with E-state index in [0.717, 1.165) is 0 Å². The van der Waals surface area contributed by atoms with Crippen LogP contribution < -0.4 is 16.0 Å². The molecule has 3 heterocycles. The number of rotatable bonds is 4. The molecule has 2 aromatic heterocycles. The lowest BCUT2D eigenvalue weighted by molar-refractivity contribution is -0.0652. The van der Waals surface area contributed by atoms with Gasteiger partial charge in [-0.3, -0.25) is 14.6 Å². The van der Waals surface area contributed by atoms with E-state index in [1.807, 2.05) is 0 Å². The Morgan fingerprint density at radius 1 is 1.22 bits per heavy atom. The number of carbonyl (C=O) groups excluding carboxylic acids is 2. The number of pyridine rings is 2. The maximum atomic E-state index is 14.0.